The zero-order valence-electron chi connectivity index (χ0n) is 29.9. The first-order chi connectivity index (χ1) is 24.7. The maximum Gasteiger partial charge on any atom is 0.0165 e. The molecule has 0 radical (unpaired) electrons. The highest BCUT2D eigenvalue weighted by Crippen LogP contribution is 2.55. The van der Waals surface area contributed by atoms with Gasteiger partial charge in [-0.1, -0.05) is 168 Å². The van der Waals surface area contributed by atoms with E-state index in [1.165, 1.54) is 104 Å². The molecule has 244 valence electrons. The largest absolute Gasteiger partial charge is 0.0616 e. The molecule has 0 saturated heterocycles. The smallest absolute Gasteiger partial charge is 0.0165 e. The van der Waals surface area contributed by atoms with Crippen LogP contribution in [0.25, 0.3) is 87.2 Å². The van der Waals surface area contributed by atoms with Crippen molar-refractivity contribution in [2.24, 2.45) is 0 Å². The molecule has 0 bridgehead atoms. The van der Waals surface area contributed by atoms with Crippen LogP contribution in [0.15, 0.2) is 152 Å². The minimum Gasteiger partial charge on any atom is -0.0616 e. The van der Waals surface area contributed by atoms with Gasteiger partial charge < -0.3 is 0 Å². The molecule has 0 saturated carbocycles. The Bertz CT molecular complexity index is 2910. The maximum atomic E-state index is 2.49. The highest BCUT2D eigenvalue weighted by Gasteiger charge is 2.38. The monoisotopic (exact) mass is 652 g/mol. The molecule has 0 fully saturated rings. The summed E-state index contributed by atoms with van der Waals surface area (Å²) in [5.41, 5.74) is 11.9. The molecule has 0 nitrogen and oxygen atoms in total. The van der Waals surface area contributed by atoms with E-state index in [4.69, 9.17) is 0 Å². The summed E-state index contributed by atoms with van der Waals surface area (Å²) in [5, 5.41) is 13.2. The van der Waals surface area contributed by atoms with Crippen molar-refractivity contribution in [1.82, 2.24) is 0 Å². The van der Waals surface area contributed by atoms with Crippen molar-refractivity contribution in [3.8, 4) is 33.4 Å². The van der Waals surface area contributed by atoms with Gasteiger partial charge in [0.2, 0.25) is 0 Å². The summed E-state index contributed by atoms with van der Waals surface area (Å²) in [5.74, 6) is 0. The Morgan fingerprint density at radius 3 is 1.65 bits per heavy atom. The molecule has 0 N–H and O–H groups in total. The van der Waals surface area contributed by atoms with E-state index in [1.54, 1.807) is 0 Å². The van der Waals surface area contributed by atoms with Crippen LogP contribution in [-0.4, -0.2) is 0 Å². The van der Waals surface area contributed by atoms with E-state index in [-0.39, 0.29) is 10.8 Å². The van der Waals surface area contributed by atoms with E-state index in [9.17, 15) is 0 Å². The van der Waals surface area contributed by atoms with E-state index in [1.807, 2.05) is 0 Å². The van der Waals surface area contributed by atoms with Gasteiger partial charge in [0.1, 0.15) is 0 Å². The standard InChI is InChI=1S/C51H40/c1-50(2,3)48-42-21-13-11-19-39(42)46(35-23-22-31-14-6-7-15-32(31)28-35)40-26-24-33(29-44(40)48)34-25-27-43-45(30-34)51(4,5)49-41-20-12-9-17-37(41)36-16-8-10-18-38(36)47(43)49/h6-30H,1-5H3. The van der Waals surface area contributed by atoms with Crippen LogP contribution in [0, 0.1) is 0 Å². The third kappa shape index (κ3) is 4.33. The van der Waals surface area contributed by atoms with E-state index < -0.39 is 0 Å². The van der Waals surface area contributed by atoms with Gasteiger partial charge in [0.05, 0.1) is 0 Å². The molecule has 0 spiro atoms. The van der Waals surface area contributed by atoms with Crippen LogP contribution in [0.2, 0.25) is 0 Å². The highest BCUT2D eigenvalue weighted by molar-refractivity contribution is 6.19. The van der Waals surface area contributed by atoms with Crippen LogP contribution in [-0.2, 0) is 10.8 Å². The average molecular weight is 653 g/mol. The number of hydrogen-bond donors (Lipinski definition) is 0. The zero-order chi connectivity index (χ0) is 34.6. The summed E-state index contributed by atoms with van der Waals surface area (Å²) in [4.78, 5) is 0. The molecule has 1 aliphatic carbocycles. The zero-order valence-corrected chi connectivity index (χ0v) is 29.9. The Labute approximate surface area is 300 Å². The number of fused-ring (bicyclic) bond motifs is 11. The van der Waals surface area contributed by atoms with Crippen LogP contribution in [0.4, 0.5) is 0 Å². The Hall–Kier alpha value is -5.72. The van der Waals surface area contributed by atoms with E-state index in [0.717, 1.165) is 0 Å². The Morgan fingerprint density at radius 2 is 0.922 bits per heavy atom. The van der Waals surface area contributed by atoms with Crippen molar-refractivity contribution in [1.29, 1.82) is 0 Å². The minimum absolute atomic E-state index is 0.0535. The molecule has 0 aromatic heterocycles. The fourth-order valence-corrected chi connectivity index (χ4v) is 9.49. The fraction of sp³-hybridized carbons (Fsp3) is 0.137. The first-order valence-electron chi connectivity index (χ1n) is 18.3. The molecule has 0 aliphatic heterocycles. The Morgan fingerprint density at radius 1 is 0.392 bits per heavy atom. The van der Waals surface area contributed by atoms with E-state index in [2.05, 4.69) is 186 Å². The molecule has 0 atom stereocenters. The first-order valence-corrected chi connectivity index (χ1v) is 18.3. The lowest BCUT2D eigenvalue weighted by Crippen LogP contribution is -2.15. The quantitative estimate of drug-likeness (QED) is 0.129. The van der Waals surface area contributed by atoms with Crippen molar-refractivity contribution < 1.29 is 0 Å². The predicted molar refractivity (Wildman–Crippen MR) is 221 cm³/mol. The maximum absolute atomic E-state index is 2.49. The molecular formula is C51H40. The Kier molecular flexibility index (Phi) is 6.29. The van der Waals surface area contributed by atoms with Gasteiger partial charge in [-0.25, -0.2) is 0 Å². The van der Waals surface area contributed by atoms with Crippen molar-refractivity contribution in [2.75, 3.05) is 0 Å². The van der Waals surface area contributed by atoms with Crippen LogP contribution < -0.4 is 0 Å². The SMILES string of the molecule is CC(C)(C)c1c2ccccc2c(-c2ccc3ccccc3c2)c2ccc(-c3ccc4c(c3)C(C)(C)c3c-4c4ccccc4c4ccccc34)cc12. The first kappa shape index (κ1) is 30.1. The third-order valence-corrected chi connectivity index (χ3v) is 11.7. The van der Waals surface area contributed by atoms with Crippen molar-refractivity contribution in [3.63, 3.8) is 0 Å². The van der Waals surface area contributed by atoms with Crippen LogP contribution in [0.1, 0.15) is 51.3 Å². The minimum atomic E-state index is -0.142. The second kappa shape index (κ2) is 10.6. The summed E-state index contributed by atoms with van der Waals surface area (Å²) >= 11 is 0. The van der Waals surface area contributed by atoms with Gasteiger partial charge in [-0.05, 0) is 128 Å². The summed E-state index contributed by atoms with van der Waals surface area (Å²) in [6.07, 6.45) is 0. The molecule has 0 heteroatoms. The van der Waals surface area contributed by atoms with Gasteiger partial charge in [0.15, 0.2) is 0 Å². The molecule has 10 rings (SSSR count). The number of rotatable bonds is 2. The van der Waals surface area contributed by atoms with Crippen LogP contribution in [0.3, 0.4) is 0 Å². The molecule has 0 amide bonds. The molecule has 1 aliphatic rings. The van der Waals surface area contributed by atoms with E-state index in [0.29, 0.717) is 0 Å². The van der Waals surface area contributed by atoms with Crippen LogP contribution in [0.5, 0.6) is 0 Å². The molecule has 0 heterocycles. The topological polar surface area (TPSA) is 0 Å². The van der Waals surface area contributed by atoms with Gasteiger partial charge in [-0.3, -0.25) is 0 Å². The average Bonchev–Trinajstić information content (AvgIpc) is 3.39. The summed E-state index contributed by atoms with van der Waals surface area (Å²) in [6.45, 7) is 11.9. The van der Waals surface area contributed by atoms with Crippen molar-refractivity contribution >= 4 is 53.9 Å². The van der Waals surface area contributed by atoms with Gasteiger partial charge >= 0.3 is 0 Å². The van der Waals surface area contributed by atoms with Gasteiger partial charge in [-0.2, -0.15) is 0 Å². The summed E-state index contributed by atoms with van der Waals surface area (Å²) in [6, 6.07) is 57.1. The summed E-state index contributed by atoms with van der Waals surface area (Å²) in [7, 11) is 0. The highest BCUT2D eigenvalue weighted by atomic mass is 14.4. The number of hydrogen-bond acceptors (Lipinski definition) is 0. The third-order valence-electron chi connectivity index (χ3n) is 11.7. The lowest BCUT2D eigenvalue weighted by atomic mass is 9.77. The lowest BCUT2D eigenvalue weighted by molar-refractivity contribution is 0.601. The van der Waals surface area contributed by atoms with E-state index >= 15 is 0 Å². The molecule has 0 unspecified atom stereocenters. The van der Waals surface area contributed by atoms with Crippen molar-refractivity contribution in [3.05, 3.63) is 168 Å². The molecule has 9 aromatic rings. The normalized spacial score (nSPS) is 13.7. The molecule has 51 heavy (non-hydrogen) atoms. The summed E-state index contributed by atoms with van der Waals surface area (Å²) < 4.78 is 0. The van der Waals surface area contributed by atoms with Gasteiger partial charge in [-0.15, -0.1) is 0 Å². The van der Waals surface area contributed by atoms with Gasteiger partial charge in [0.25, 0.3) is 0 Å². The predicted octanol–water partition coefficient (Wildman–Crippen LogP) is 14.4. The van der Waals surface area contributed by atoms with Crippen molar-refractivity contribution in [2.45, 2.75) is 45.4 Å². The molecule has 9 aromatic carbocycles. The molecular weight excluding hydrogens is 613 g/mol. The lowest BCUT2D eigenvalue weighted by Gasteiger charge is -2.27. The second-order valence-electron chi connectivity index (χ2n) is 16.1. The van der Waals surface area contributed by atoms with Crippen LogP contribution >= 0.6 is 0 Å². The Balaban J connectivity index is 1.23. The van der Waals surface area contributed by atoms with Gasteiger partial charge in [0, 0.05) is 5.41 Å². The second-order valence-corrected chi connectivity index (χ2v) is 16.1. The number of benzene rings is 9. The fourth-order valence-electron chi connectivity index (χ4n) is 9.49.